The van der Waals surface area contributed by atoms with Crippen molar-refractivity contribution in [2.45, 2.75) is 25.8 Å². The highest BCUT2D eigenvalue weighted by Gasteiger charge is 2.23. The molecule has 0 aliphatic heterocycles. The first-order valence-corrected chi connectivity index (χ1v) is 9.78. The average Bonchev–Trinajstić information content (AvgIpc) is 3.48. The van der Waals surface area contributed by atoms with Crippen LogP contribution < -0.4 is 25.4 Å². The maximum Gasteiger partial charge on any atom is 0.319 e. The lowest BCUT2D eigenvalue weighted by Gasteiger charge is -2.13. The maximum atomic E-state index is 12.6. The second kappa shape index (κ2) is 8.97. The van der Waals surface area contributed by atoms with Gasteiger partial charge in [0.25, 0.3) is 5.91 Å². The van der Waals surface area contributed by atoms with Crippen molar-refractivity contribution in [2.75, 3.05) is 24.4 Å². The summed E-state index contributed by atoms with van der Waals surface area (Å²) in [7, 11) is 1.52. The van der Waals surface area contributed by atoms with Gasteiger partial charge in [-0.05, 0) is 72.1 Å². The van der Waals surface area contributed by atoms with Crippen molar-refractivity contribution >= 4 is 39.2 Å². The predicted molar refractivity (Wildman–Crippen MR) is 111 cm³/mol. The third-order valence-electron chi connectivity index (χ3n) is 4.09. The summed E-state index contributed by atoms with van der Waals surface area (Å²) >= 11 is 3.42. The number of anilines is 2. The minimum atomic E-state index is -0.283. The lowest BCUT2D eigenvalue weighted by atomic mass is 10.1. The Kier molecular flexibility index (Phi) is 6.41. The maximum absolute atomic E-state index is 12.6. The minimum Gasteiger partial charge on any atom is -0.493 e. The number of amides is 3. The molecule has 148 valence electrons. The summed E-state index contributed by atoms with van der Waals surface area (Å²) in [5, 5.41) is 8.45. The van der Waals surface area contributed by atoms with Gasteiger partial charge in [-0.3, -0.25) is 4.79 Å². The lowest BCUT2D eigenvalue weighted by Crippen LogP contribution is -2.30. The van der Waals surface area contributed by atoms with Crippen LogP contribution >= 0.6 is 15.9 Å². The minimum absolute atomic E-state index is 0.217. The van der Waals surface area contributed by atoms with Crippen molar-refractivity contribution in [1.29, 1.82) is 0 Å². The van der Waals surface area contributed by atoms with E-state index < -0.39 is 0 Å². The van der Waals surface area contributed by atoms with Crippen LogP contribution in [0.4, 0.5) is 16.2 Å². The second-order valence-electron chi connectivity index (χ2n) is 6.33. The molecule has 0 saturated heterocycles. The topological polar surface area (TPSA) is 88.7 Å². The van der Waals surface area contributed by atoms with Crippen LogP contribution in [-0.4, -0.2) is 31.7 Å². The standard InChI is InChI=1S/C20H22BrN3O4/c1-3-28-18-16(21)10-12(11-17(18)27-2)19(25)22-13-4-6-14(7-5-13)23-20(26)24-15-8-9-15/h4-7,10-11,15H,3,8-9H2,1-2H3,(H,22,25)(H2,23,24,26). The van der Waals surface area contributed by atoms with E-state index in [4.69, 9.17) is 9.47 Å². The van der Waals surface area contributed by atoms with E-state index in [1.807, 2.05) is 6.92 Å². The number of methoxy groups -OCH3 is 1. The average molecular weight is 448 g/mol. The Morgan fingerprint density at radius 1 is 1.11 bits per heavy atom. The van der Waals surface area contributed by atoms with E-state index in [0.717, 1.165) is 12.8 Å². The molecule has 8 heteroatoms. The van der Waals surface area contributed by atoms with Crippen molar-refractivity contribution in [2.24, 2.45) is 0 Å². The number of benzene rings is 2. The first-order chi connectivity index (χ1) is 13.5. The molecular formula is C20H22BrN3O4. The highest BCUT2D eigenvalue weighted by atomic mass is 79.9. The van der Waals surface area contributed by atoms with Crippen LogP contribution in [0.1, 0.15) is 30.1 Å². The molecule has 0 atom stereocenters. The normalized spacial score (nSPS) is 12.8. The molecular weight excluding hydrogens is 426 g/mol. The third kappa shape index (κ3) is 5.16. The number of hydrogen-bond acceptors (Lipinski definition) is 4. The van der Waals surface area contributed by atoms with Crippen molar-refractivity contribution < 1.29 is 19.1 Å². The summed E-state index contributed by atoms with van der Waals surface area (Å²) in [6.07, 6.45) is 2.07. The summed E-state index contributed by atoms with van der Waals surface area (Å²) in [5.41, 5.74) is 1.70. The van der Waals surface area contributed by atoms with Crippen LogP contribution in [0.15, 0.2) is 40.9 Å². The Bertz CT molecular complexity index is 866. The highest BCUT2D eigenvalue weighted by molar-refractivity contribution is 9.10. The predicted octanol–water partition coefficient (Wildman–Crippen LogP) is 4.39. The lowest BCUT2D eigenvalue weighted by molar-refractivity contribution is 0.102. The first-order valence-electron chi connectivity index (χ1n) is 8.99. The Labute approximate surface area is 171 Å². The molecule has 0 bridgehead atoms. The molecule has 3 rings (SSSR count). The fourth-order valence-corrected chi connectivity index (χ4v) is 3.11. The molecule has 3 amide bonds. The zero-order chi connectivity index (χ0) is 20.1. The van der Waals surface area contributed by atoms with Gasteiger partial charge in [0.1, 0.15) is 0 Å². The van der Waals surface area contributed by atoms with Gasteiger partial charge in [0.15, 0.2) is 11.5 Å². The number of halogens is 1. The zero-order valence-electron chi connectivity index (χ0n) is 15.7. The summed E-state index contributed by atoms with van der Waals surface area (Å²) in [6, 6.07) is 10.3. The molecule has 28 heavy (non-hydrogen) atoms. The Hall–Kier alpha value is -2.74. The number of carbonyl (C=O) groups excluding carboxylic acids is 2. The van der Waals surface area contributed by atoms with Gasteiger partial charge in [-0.2, -0.15) is 0 Å². The van der Waals surface area contributed by atoms with Crippen molar-refractivity contribution in [3.05, 3.63) is 46.4 Å². The Morgan fingerprint density at radius 2 is 1.75 bits per heavy atom. The number of ether oxygens (including phenoxy) is 2. The van der Waals surface area contributed by atoms with E-state index in [-0.39, 0.29) is 11.9 Å². The molecule has 0 aromatic heterocycles. The van der Waals surface area contributed by atoms with Gasteiger partial charge >= 0.3 is 6.03 Å². The summed E-state index contributed by atoms with van der Waals surface area (Å²) < 4.78 is 11.5. The molecule has 2 aromatic carbocycles. The van der Waals surface area contributed by atoms with Crippen LogP contribution in [-0.2, 0) is 0 Å². The van der Waals surface area contributed by atoms with Crippen LogP contribution in [0.3, 0.4) is 0 Å². The summed E-state index contributed by atoms with van der Waals surface area (Å²) in [6.45, 7) is 2.36. The molecule has 7 nitrogen and oxygen atoms in total. The van der Waals surface area contributed by atoms with Crippen LogP contribution in [0, 0.1) is 0 Å². The van der Waals surface area contributed by atoms with Gasteiger partial charge in [-0.1, -0.05) is 0 Å². The molecule has 0 unspecified atom stereocenters. The van der Waals surface area contributed by atoms with Gasteiger partial charge in [0, 0.05) is 23.0 Å². The number of hydrogen-bond donors (Lipinski definition) is 3. The number of rotatable bonds is 7. The molecule has 0 spiro atoms. The first kappa shape index (κ1) is 20.0. The van der Waals surface area contributed by atoms with E-state index in [1.165, 1.54) is 7.11 Å². The summed E-state index contributed by atoms with van der Waals surface area (Å²) in [4.78, 5) is 24.3. The van der Waals surface area contributed by atoms with Gasteiger partial charge in [-0.15, -0.1) is 0 Å². The Morgan fingerprint density at radius 3 is 2.32 bits per heavy atom. The van der Waals surface area contributed by atoms with Crippen molar-refractivity contribution in [1.82, 2.24) is 5.32 Å². The van der Waals surface area contributed by atoms with E-state index in [0.29, 0.717) is 45.6 Å². The SMILES string of the molecule is CCOc1c(Br)cc(C(=O)Nc2ccc(NC(=O)NC3CC3)cc2)cc1OC. The molecule has 1 fully saturated rings. The molecule has 1 aliphatic rings. The van der Waals surface area contributed by atoms with Gasteiger partial charge in [0.2, 0.25) is 0 Å². The van der Waals surface area contributed by atoms with E-state index in [9.17, 15) is 9.59 Å². The molecule has 3 N–H and O–H groups in total. The molecule has 0 radical (unpaired) electrons. The van der Waals surface area contributed by atoms with E-state index >= 15 is 0 Å². The van der Waals surface area contributed by atoms with Crippen LogP contribution in [0.25, 0.3) is 0 Å². The fraction of sp³-hybridized carbons (Fsp3) is 0.300. The van der Waals surface area contributed by atoms with Crippen LogP contribution in [0.5, 0.6) is 11.5 Å². The second-order valence-corrected chi connectivity index (χ2v) is 7.18. The Balaban J connectivity index is 1.65. The van der Waals surface area contributed by atoms with Gasteiger partial charge in [-0.25, -0.2) is 4.79 Å². The highest BCUT2D eigenvalue weighted by Crippen LogP contribution is 2.36. The number of carbonyl (C=O) groups is 2. The molecule has 1 aliphatic carbocycles. The smallest absolute Gasteiger partial charge is 0.319 e. The van der Waals surface area contributed by atoms with Gasteiger partial charge in [0.05, 0.1) is 18.2 Å². The molecule has 1 saturated carbocycles. The zero-order valence-corrected chi connectivity index (χ0v) is 17.3. The van der Waals surface area contributed by atoms with Crippen molar-refractivity contribution in [3.63, 3.8) is 0 Å². The summed E-state index contributed by atoms with van der Waals surface area (Å²) in [5.74, 6) is 0.748. The van der Waals surface area contributed by atoms with E-state index in [2.05, 4.69) is 31.9 Å². The fourth-order valence-electron chi connectivity index (χ4n) is 2.56. The van der Waals surface area contributed by atoms with Gasteiger partial charge < -0.3 is 25.4 Å². The van der Waals surface area contributed by atoms with Crippen molar-refractivity contribution in [3.8, 4) is 11.5 Å². The quantitative estimate of drug-likeness (QED) is 0.586. The number of nitrogens with one attached hydrogen (secondary N) is 3. The molecule has 0 heterocycles. The monoisotopic (exact) mass is 447 g/mol. The largest absolute Gasteiger partial charge is 0.493 e. The number of urea groups is 1. The van der Waals surface area contributed by atoms with E-state index in [1.54, 1.807) is 36.4 Å². The third-order valence-corrected chi connectivity index (χ3v) is 4.68. The molecule has 2 aromatic rings. The van der Waals surface area contributed by atoms with Crippen LogP contribution in [0.2, 0.25) is 0 Å².